The van der Waals surface area contributed by atoms with Crippen LogP contribution < -0.4 is 0 Å². The molecule has 0 N–H and O–H groups in total. The summed E-state index contributed by atoms with van der Waals surface area (Å²) in [5, 5.41) is 7.93. The second-order valence-electron chi connectivity index (χ2n) is 0.901. The molecule has 0 atom stereocenters. The lowest BCUT2D eigenvalue weighted by atomic mass is 10.6. The van der Waals surface area contributed by atoms with Gasteiger partial charge in [-0.25, -0.2) is 0 Å². The molecule has 0 aromatic carbocycles. The van der Waals surface area contributed by atoms with Crippen LogP contribution in [0.15, 0.2) is 0 Å². The predicted octanol–water partition coefficient (Wildman–Crippen LogP) is 2.29. The SMILES string of the molecule is CC.CSCCC#N. The highest BCUT2D eigenvalue weighted by Crippen LogP contribution is 1.91. The number of thioether (sulfide) groups is 1. The molecule has 0 aromatic rings. The maximum Gasteiger partial charge on any atom is 0.0630 e. The minimum Gasteiger partial charge on any atom is -0.198 e. The van der Waals surface area contributed by atoms with Gasteiger partial charge in [0.15, 0.2) is 0 Å². The zero-order chi connectivity index (χ0) is 6.83. The topological polar surface area (TPSA) is 23.8 Å². The summed E-state index contributed by atoms with van der Waals surface area (Å²) in [5.74, 6) is 0.969. The van der Waals surface area contributed by atoms with E-state index in [-0.39, 0.29) is 0 Å². The largest absolute Gasteiger partial charge is 0.198 e. The van der Waals surface area contributed by atoms with Crippen LogP contribution in [0.25, 0.3) is 0 Å². The third-order valence-electron chi connectivity index (χ3n) is 0.418. The number of rotatable bonds is 2. The van der Waals surface area contributed by atoms with Crippen molar-refractivity contribution in [3.8, 4) is 6.07 Å². The summed E-state index contributed by atoms with van der Waals surface area (Å²) in [5.41, 5.74) is 0. The lowest BCUT2D eigenvalue weighted by Gasteiger charge is -1.78. The Kier molecular flexibility index (Phi) is 21.3. The van der Waals surface area contributed by atoms with Crippen LogP contribution in [0.5, 0.6) is 0 Å². The number of hydrogen-bond acceptors (Lipinski definition) is 2. The number of nitrogens with zero attached hydrogens (tertiary/aromatic N) is 1. The molecule has 0 aromatic heterocycles. The Labute approximate surface area is 56.1 Å². The monoisotopic (exact) mass is 131 g/mol. The van der Waals surface area contributed by atoms with Gasteiger partial charge in [-0.2, -0.15) is 17.0 Å². The van der Waals surface area contributed by atoms with Crippen molar-refractivity contribution in [1.29, 1.82) is 5.26 Å². The Morgan fingerprint density at radius 1 is 1.50 bits per heavy atom. The molecule has 48 valence electrons. The zero-order valence-corrected chi connectivity index (χ0v) is 6.59. The summed E-state index contributed by atoms with van der Waals surface area (Å²) < 4.78 is 0. The average Bonchev–Trinajstić information content (AvgIpc) is 1.88. The highest BCUT2D eigenvalue weighted by Gasteiger charge is 1.74. The molecule has 0 saturated heterocycles. The molecule has 0 bridgehead atoms. The fourth-order valence-corrected chi connectivity index (χ4v) is 0.443. The van der Waals surface area contributed by atoms with Crippen LogP contribution >= 0.6 is 11.8 Å². The van der Waals surface area contributed by atoms with Gasteiger partial charge in [0.25, 0.3) is 0 Å². The highest BCUT2D eigenvalue weighted by molar-refractivity contribution is 7.98. The van der Waals surface area contributed by atoms with Crippen LogP contribution in [-0.2, 0) is 0 Å². The summed E-state index contributed by atoms with van der Waals surface area (Å²) in [4.78, 5) is 0. The number of nitriles is 1. The van der Waals surface area contributed by atoms with Crippen LogP contribution in [0, 0.1) is 11.3 Å². The highest BCUT2D eigenvalue weighted by atomic mass is 32.2. The second-order valence-corrected chi connectivity index (χ2v) is 1.89. The summed E-state index contributed by atoms with van der Waals surface area (Å²) >= 11 is 1.70. The van der Waals surface area contributed by atoms with Gasteiger partial charge in [0.05, 0.1) is 6.07 Å². The van der Waals surface area contributed by atoms with E-state index in [2.05, 4.69) is 0 Å². The van der Waals surface area contributed by atoms with Crippen LogP contribution in [0.3, 0.4) is 0 Å². The lowest BCUT2D eigenvalue weighted by Crippen LogP contribution is -1.68. The minimum atomic E-state index is 0.682. The Hall–Kier alpha value is -0.160. The molecule has 1 nitrogen and oxygen atoms in total. The van der Waals surface area contributed by atoms with Crippen molar-refractivity contribution in [1.82, 2.24) is 0 Å². The third-order valence-corrected chi connectivity index (χ3v) is 1.03. The maximum atomic E-state index is 7.93. The molecule has 0 fully saturated rings. The van der Waals surface area contributed by atoms with Crippen molar-refractivity contribution in [3.63, 3.8) is 0 Å². The van der Waals surface area contributed by atoms with E-state index in [0.717, 1.165) is 5.75 Å². The number of hydrogen-bond donors (Lipinski definition) is 0. The fourth-order valence-electron chi connectivity index (χ4n) is 0.148. The van der Waals surface area contributed by atoms with Gasteiger partial charge in [0.2, 0.25) is 0 Å². The first kappa shape index (κ1) is 10.8. The van der Waals surface area contributed by atoms with E-state index in [4.69, 9.17) is 5.26 Å². The van der Waals surface area contributed by atoms with Gasteiger partial charge in [-0.05, 0) is 6.26 Å². The molecule has 0 rings (SSSR count). The molecule has 0 heterocycles. The van der Waals surface area contributed by atoms with Gasteiger partial charge < -0.3 is 0 Å². The van der Waals surface area contributed by atoms with Crippen molar-refractivity contribution < 1.29 is 0 Å². The van der Waals surface area contributed by atoms with Crippen LogP contribution in [0.4, 0.5) is 0 Å². The first-order chi connectivity index (χ1) is 3.91. The van der Waals surface area contributed by atoms with Crippen molar-refractivity contribution in [3.05, 3.63) is 0 Å². The van der Waals surface area contributed by atoms with Crippen molar-refractivity contribution in [2.75, 3.05) is 12.0 Å². The van der Waals surface area contributed by atoms with E-state index in [0.29, 0.717) is 6.42 Å². The van der Waals surface area contributed by atoms with Crippen LogP contribution in [0.2, 0.25) is 0 Å². The molecule has 0 amide bonds. The van der Waals surface area contributed by atoms with E-state index in [1.165, 1.54) is 0 Å². The van der Waals surface area contributed by atoms with Gasteiger partial charge in [-0.1, -0.05) is 13.8 Å². The van der Waals surface area contributed by atoms with E-state index in [9.17, 15) is 0 Å². The van der Waals surface area contributed by atoms with E-state index < -0.39 is 0 Å². The molecule has 0 saturated carbocycles. The predicted molar refractivity (Wildman–Crippen MR) is 40.0 cm³/mol. The van der Waals surface area contributed by atoms with Gasteiger partial charge in [0.1, 0.15) is 0 Å². The Morgan fingerprint density at radius 3 is 2.12 bits per heavy atom. The third kappa shape index (κ3) is 17.0. The van der Waals surface area contributed by atoms with E-state index >= 15 is 0 Å². The van der Waals surface area contributed by atoms with E-state index in [1.807, 2.05) is 26.2 Å². The standard InChI is InChI=1S/C4H7NS.C2H6/c1-6-4-2-3-5;1-2/h2,4H2,1H3;1-2H3. The van der Waals surface area contributed by atoms with Crippen molar-refractivity contribution in [2.45, 2.75) is 20.3 Å². The molecule has 0 spiro atoms. The van der Waals surface area contributed by atoms with Crippen LogP contribution in [0.1, 0.15) is 20.3 Å². The Bertz CT molecular complexity index is 56.0. The summed E-state index contributed by atoms with van der Waals surface area (Å²) in [7, 11) is 0. The average molecular weight is 131 g/mol. The molecule has 0 aliphatic rings. The van der Waals surface area contributed by atoms with Crippen LogP contribution in [-0.4, -0.2) is 12.0 Å². The first-order valence-electron chi connectivity index (χ1n) is 2.77. The smallest absolute Gasteiger partial charge is 0.0630 e. The summed E-state index contributed by atoms with van der Waals surface area (Å²) in [6, 6.07) is 2.05. The minimum absolute atomic E-state index is 0.682. The Morgan fingerprint density at radius 2 is 2.00 bits per heavy atom. The Balaban J connectivity index is 0. The summed E-state index contributed by atoms with van der Waals surface area (Å²) in [6.45, 7) is 4.00. The zero-order valence-electron chi connectivity index (χ0n) is 5.77. The molecular weight excluding hydrogens is 118 g/mol. The van der Waals surface area contributed by atoms with Crippen molar-refractivity contribution in [2.24, 2.45) is 0 Å². The normalized spacial score (nSPS) is 6.25. The molecule has 0 unspecified atom stereocenters. The van der Waals surface area contributed by atoms with Gasteiger partial charge >= 0.3 is 0 Å². The fraction of sp³-hybridized carbons (Fsp3) is 0.833. The quantitative estimate of drug-likeness (QED) is 0.537. The molecule has 8 heavy (non-hydrogen) atoms. The second kappa shape index (κ2) is 15.8. The van der Waals surface area contributed by atoms with Gasteiger partial charge in [-0.15, -0.1) is 0 Å². The van der Waals surface area contributed by atoms with Gasteiger partial charge in [-0.3, -0.25) is 0 Å². The molecule has 0 aliphatic carbocycles. The molecule has 2 heteroatoms. The summed E-state index contributed by atoms with van der Waals surface area (Å²) in [6.07, 6.45) is 2.68. The molecule has 0 aliphatic heterocycles. The van der Waals surface area contributed by atoms with Gasteiger partial charge in [0, 0.05) is 12.2 Å². The van der Waals surface area contributed by atoms with Crippen molar-refractivity contribution >= 4 is 11.8 Å². The molecular formula is C6H13NS. The lowest BCUT2D eigenvalue weighted by molar-refractivity contribution is 1.24. The molecule has 0 radical (unpaired) electrons. The maximum absolute atomic E-state index is 7.93. The van der Waals surface area contributed by atoms with E-state index in [1.54, 1.807) is 11.8 Å². The first-order valence-corrected chi connectivity index (χ1v) is 4.17.